The maximum absolute atomic E-state index is 13.4. The monoisotopic (exact) mass is 361 g/mol. The van der Waals surface area contributed by atoms with Crippen LogP contribution in [0.5, 0.6) is 0 Å². The van der Waals surface area contributed by atoms with E-state index in [4.69, 9.17) is 0 Å². The van der Waals surface area contributed by atoms with Gasteiger partial charge in [-0.2, -0.15) is 0 Å². The molecule has 1 fully saturated rings. The summed E-state index contributed by atoms with van der Waals surface area (Å²) in [4.78, 5) is 27.1. The van der Waals surface area contributed by atoms with Crippen LogP contribution in [0.1, 0.15) is 47.6 Å². The zero-order chi connectivity index (χ0) is 18.6. The van der Waals surface area contributed by atoms with Gasteiger partial charge in [0.2, 0.25) is 5.91 Å². The molecule has 0 saturated heterocycles. The first-order valence-electron chi connectivity index (χ1n) is 9.81. The molecule has 27 heavy (non-hydrogen) atoms. The van der Waals surface area contributed by atoms with Crippen molar-refractivity contribution in [2.45, 2.75) is 43.6 Å². The van der Waals surface area contributed by atoms with E-state index >= 15 is 0 Å². The number of hydrogen-bond acceptors (Lipinski definition) is 2. The lowest BCUT2D eigenvalue weighted by atomic mass is 9.78. The largest absolute Gasteiger partial charge is 0.479 e. The number of amides is 1. The number of hydrogen-bond donors (Lipinski definition) is 1. The predicted octanol–water partition coefficient (Wildman–Crippen LogP) is 3.49. The molecule has 1 aliphatic heterocycles. The van der Waals surface area contributed by atoms with Crippen LogP contribution in [0.15, 0.2) is 48.5 Å². The number of carboxylic acid groups (broad SMARTS) is 1. The van der Waals surface area contributed by atoms with E-state index in [1.807, 2.05) is 24.3 Å². The van der Waals surface area contributed by atoms with Crippen LogP contribution in [-0.4, -0.2) is 28.4 Å². The van der Waals surface area contributed by atoms with Crippen LogP contribution >= 0.6 is 0 Å². The lowest BCUT2D eigenvalue weighted by Gasteiger charge is -2.36. The van der Waals surface area contributed by atoms with Crippen molar-refractivity contribution < 1.29 is 14.7 Å². The molecule has 1 amide bonds. The van der Waals surface area contributed by atoms with Crippen molar-refractivity contribution in [2.24, 2.45) is 5.92 Å². The lowest BCUT2D eigenvalue weighted by molar-refractivity contribution is -0.152. The topological polar surface area (TPSA) is 57.6 Å². The molecule has 1 saturated carbocycles. The number of carbonyl (C=O) groups excluding carboxylic acids is 1. The van der Waals surface area contributed by atoms with Crippen LogP contribution in [0, 0.1) is 5.92 Å². The van der Waals surface area contributed by atoms with Crippen LogP contribution in [0.25, 0.3) is 0 Å². The number of benzene rings is 2. The normalized spacial score (nSPS) is 28.4. The highest BCUT2D eigenvalue weighted by Gasteiger charge is 2.61. The molecule has 1 spiro atoms. The Labute approximate surface area is 158 Å². The van der Waals surface area contributed by atoms with E-state index in [0.717, 1.165) is 43.2 Å². The molecule has 4 heteroatoms. The molecule has 3 unspecified atom stereocenters. The molecule has 3 atom stereocenters. The van der Waals surface area contributed by atoms with Gasteiger partial charge in [-0.1, -0.05) is 48.5 Å². The minimum absolute atomic E-state index is 0.0219. The van der Waals surface area contributed by atoms with Crippen LogP contribution in [0.3, 0.4) is 0 Å². The molecular weight excluding hydrogens is 338 g/mol. The summed E-state index contributed by atoms with van der Waals surface area (Å²) in [5.41, 5.74) is 4.42. The maximum Gasteiger partial charge on any atom is 0.331 e. The second-order valence-electron chi connectivity index (χ2n) is 8.14. The second-order valence-corrected chi connectivity index (χ2v) is 8.14. The highest BCUT2D eigenvalue weighted by molar-refractivity contribution is 5.90. The third-order valence-corrected chi connectivity index (χ3v) is 6.80. The summed E-state index contributed by atoms with van der Waals surface area (Å²) in [6.45, 7) is 0.487. The second kappa shape index (κ2) is 5.95. The summed E-state index contributed by atoms with van der Waals surface area (Å²) in [7, 11) is 0. The Morgan fingerprint density at radius 1 is 1.00 bits per heavy atom. The Morgan fingerprint density at radius 2 is 1.74 bits per heavy atom. The van der Waals surface area contributed by atoms with Crippen molar-refractivity contribution in [3.05, 3.63) is 70.8 Å². The first-order valence-corrected chi connectivity index (χ1v) is 9.81. The van der Waals surface area contributed by atoms with E-state index in [1.54, 1.807) is 4.90 Å². The number of rotatable bonds is 2. The third kappa shape index (κ3) is 2.43. The van der Waals surface area contributed by atoms with Gasteiger partial charge in [0.05, 0.1) is 0 Å². The summed E-state index contributed by atoms with van der Waals surface area (Å²) in [5.74, 6) is -0.992. The zero-order valence-corrected chi connectivity index (χ0v) is 15.2. The molecule has 0 radical (unpaired) electrons. The van der Waals surface area contributed by atoms with Gasteiger partial charge in [0.1, 0.15) is 0 Å². The molecular formula is C23H23NO3. The number of nitrogens with zero attached hydrogens (tertiary/aromatic N) is 1. The van der Waals surface area contributed by atoms with E-state index < -0.39 is 12.0 Å². The van der Waals surface area contributed by atoms with Gasteiger partial charge in [0.25, 0.3) is 0 Å². The Bertz CT molecular complexity index is 937. The van der Waals surface area contributed by atoms with E-state index in [-0.39, 0.29) is 17.2 Å². The number of aryl methyl sites for hydroxylation is 1. The molecule has 0 bridgehead atoms. The van der Waals surface area contributed by atoms with Crippen LogP contribution in [-0.2, 0) is 27.8 Å². The minimum Gasteiger partial charge on any atom is -0.479 e. The fourth-order valence-corrected chi connectivity index (χ4v) is 5.43. The van der Waals surface area contributed by atoms with Gasteiger partial charge in [0.15, 0.2) is 6.04 Å². The first-order chi connectivity index (χ1) is 13.1. The quantitative estimate of drug-likeness (QED) is 0.891. The fraction of sp³-hybridized carbons (Fsp3) is 0.391. The maximum atomic E-state index is 13.4. The molecule has 3 aliphatic rings. The molecule has 2 aromatic carbocycles. The highest BCUT2D eigenvalue weighted by Crippen LogP contribution is 2.61. The molecule has 2 aromatic rings. The standard InChI is InChI=1S/C23H23NO3/c25-21(19-14-23(19)12-5-8-16-7-2-4-10-18(16)23)24-13-11-15-6-1-3-9-17(15)20(24)22(26)27/h1-4,6-7,9-10,19-20H,5,8,11-14H2,(H,26,27). The molecule has 5 rings (SSSR count). The van der Waals surface area contributed by atoms with Crippen molar-refractivity contribution >= 4 is 11.9 Å². The molecule has 4 nitrogen and oxygen atoms in total. The Balaban J connectivity index is 1.47. The molecule has 1 heterocycles. The van der Waals surface area contributed by atoms with E-state index in [9.17, 15) is 14.7 Å². The Kier molecular flexibility index (Phi) is 3.64. The summed E-state index contributed by atoms with van der Waals surface area (Å²) >= 11 is 0. The van der Waals surface area contributed by atoms with Gasteiger partial charge in [0, 0.05) is 17.9 Å². The van der Waals surface area contributed by atoms with Crippen molar-refractivity contribution in [1.82, 2.24) is 4.90 Å². The van der Waals surface area contributed by atoms with Crippen molar-refractivity contribution in [3.63, 3.8) is 0 Å². The van der Waals surface area contributed by atoms with Gasteiger partial charge in [-0.05, 0) is 54.4 Å². The number of fused-ring (bicyclic) bond motifs is 3. The summed E-state index contributed by atoms with van der Waals surface area (Å²) < 4.78 is 0. The predicted molar refractivity (Wildman–Crippen MR) is 101 cm³/mol. The molecule has 2 aliphatic carbocycles. The summed E-state index contributed by atoms with van der Waals surface area (Å²) in [5, 5.41) is 9.87. The van der Waals surface area contributed by atoms with Crippen LogP contribution < -0.4 is 0 Å². The number of carbonyl (C=O) groups is 2. The molecule has 138 valence electrons. The van der Waals surface area contributed by atoms with E-state index in [1.165, 1.54) is 11.1 Å². The average Bonchev–Trinajstić information content (AvgIpc) is 3.41. The van der Waals surface area contributed by atoms with Crippen molar-refractivity contribution in [2.75, 3.05) is 6.54 Å². The smallest absolute Gasteiger partial charge is 0.331 e. The SMILES string of the molecule is O=C(O)C1c2ccccc2CCN1C(=O)C1CC12CCCc1ccccc12. The van der Waals surface area contributed by atoms with Crippen LogP contribution in [0.4, 0.5) is 0 Å². The van der Waals surface area contributed by atoms with Gasteiger partial charge in [-0.25, -0.2) is 4.79 Å². The van der Waals surface area contributed by atoms with Crippen molar-refractivity contribution in [3.8, 4) is 0 Å². The van der Waals surface area contributed by atoms with Gasteiger partial charge >= 0.3 is 5.97 Å². The minimum atomic E-state index is -0.936. The first kappa shape index (κ1) is 16.5. The molecule has 1 N–H and O–H groups in total. The average molecular weight is 361 g/mol. The zero-order valence-electron chi connectivity index (χ0n) is 15.2. The Morgan fingerprint density at radius 3 is 2.56 bits per heavy atom. The van der Waals surface area contributed by atoms with E-state index in [2.05, 4.69) is 24.3 Å². The molecule has 0 aromatic heterocycles. The third-order valence-electron chi connectivity index (χ3n) is 6.80. The number of aliphatic carboxylic acids is 1. The fourth-order valence-electron chi connectivity index (χ4n) is 5.43. The van der Waals surface area contributed by atoms with Gasteiger partial charge in [-0.3, -0.25) is 4.79 Å². The Hall–Kier alpha value is -2.62. The lowest BCUT2D eigenvalue weighted by Crippen LogP contribution is -2.45. The summed E-state index contributed by atoms with van der Waals surface area (Å²) in [6.07, 6.45) is 4.79. The summed E-state index contributed by atoms with van der Waals surface area (Å²) in [6, 6.07) is 15.2. The number of carboxylic acids is 1. The van der Waals surface area contributed by atoms with Crippen molar-refractivity contribution in [1.29, 1.82) is 0 Å². The van der Waals surface area contributed by atoms with Gasteiger partial charge in [-0.15, -0.1) is 0 Å². The van der Waals surface area contributed by atoms with Crippen LogP contribution in [0.2, 0.25) is 0 Å². The van der Waals surface area contributed by atoms with E-state index in [0.29, 0.717) is 6.54 Å². The highest BCUT2D eigenvalue weighted by atomic mass is 16.4. The van der Waals surface area contributed by atoms with Gasteiger partial charge < -0.3 is 10.0 Å².